The Morgan fingerprint density at radius 2 is 1.34 bits per heavy atom. The molecule has 18 heteroatoms. The number of aliphatic hydroxyl groups excluding tert-OH is 7. The van der Waals surface area contributed by atoms with Crippen molar-refractivity contribution in [2.45, 2.75) is 88.8 Å². The van der Waals surface area contributed by atoms with Crippen LogP contribution >= 0.6 is 0 Å². The van der Waals surface area contributed by atoms with Crippen LogP contribution in [0.4, 0.5) is 11.6 Å². The first-order valence-corrected chi connectivity index (χ1v) is 19.5. The second-order valence-corrected chi connectivity index (χ2v) is 14.2. The molecule has 2 amide bonds. The van der Waals surface area contributed by atoms with Gasteiger partial charge >= 0.3 is 0 Å². The van der Waals surface area contributed by atoms with Crippen molar-refractivity contribution in [3.05, 3.63) is 71.0 Å². The molecule has 0 radical (unpaired) electrons. The molecule has 0 aliphatic heterocycles. The summed E-state index contributed by atoms with van der Waals surface area (Å²) in [6, 6.07) is 16.3. The van der Waals surface area contributed by atoms with Gasteiger partial charge in [0.05, 0.1) is 30.1 Å². The van der Waals surface area contributed by atoms with Gasteiger partial charge in [-0.05, 0) is 74.1 Å². The predicted molar refractivity (Wildman–Crippen MR) is 220 cm³/mol. The van der Waals surface area contributed by atoms with Gasteiger partial charge in [-0.3, -0.25) is 24.8 Å². The number of nitrogens with one attached hydrogen (secondary N) is 2. The highest BCUT2D eigenvalue weighted by molar-refractivity contribution is 6.06. The first-order valence-electron chi connectivity index (χ1n) is 19.5. The van der Waals surface area contributed by atoms with Gasteiger partial charge < -0.3 is 58.3 Å². The normalized spacial score (nSPS) is 14.5. The topological polar surface area (TPSA) is 319 Å². The number of hydrogen-bond acceptors (Lipinski definition) is 15. The van der Waals surface area contributed by atoms with E-state index in [4.69, 9.17) is 27.4 Å². The van der Waals surface area contributed by atoms with Crippen LogP contribution in [0.15, 0.2) is 53.5 Å². The number of hydrogen-bond donors (Lipinski definition) is 12. The van der Waals surface area contributed by atoms with E-state index in [1.807, 2.05) is 24.3 Å². The third-order valence-electron chi connectivity index (χ3n) is 9.65. The second-order valence-electron chi connectivity index (χ2n) is 14.2. The number of unbranched alkanes of at least 4 members (excludes halogenated alkanes) is 1. The van der Waals surface area contributed by atoms with Crippen LogP contribution in [0.25, 0.3) is 11.1 Å². The maximum absolute atomic E-state index is 12.7. The van der Waals surface area contributed by atoms with Crippen molar-refractivity contribution in [1.82, 2.24) is 25.5 Å². The average Bonchev–Trinajstić information content (AvgIpc) is 3.20. The number of carbonyl (C=O) groups excluding carboxylic acids is 2. The third kappa shape index (κ3) is 16.2. The highest BCUT2D eigenvalue weighted by atomic mass is 16.4. The van der Waals surface area contributed by atoms with Crippen LogP contribution in [-0.2, 0) is 17.6 Å². The van der Waals surface area contributed by atoms with Gasteiger partial charge in [0.1, 0.15) is 11.9 Å². The number of guanidine groups is 1. The highest BCUT2D eigenvalue weighted by Crippen LogP contribution is 2.22. The van der Waals surface area contributed by atoms with Crippen molar-refractivity contribution in [1.29, 1.82) is 0 Å². The fourth-order valence-electron chi connectivity index (χ4n) is 6.05. The Bertz CT molecular complexity index is 1730. The molecule has 1 aromatic heterocycles. The fraction of sp³-hybridized carbons (Fsp3) is 0.525. The van der Waals surface area contributed by atoms with Gasteiger partial charge in [0.2, 0.25) is 5.91 Å². The molecule has 18 nitrogen and oxygen atoms in total. The van der Waals surface area contributed by atoms with Crippen molar-refractivity contribution in [3.8, 4) is 11.1 Å². The first kappa shape index (κ1) is 47.6. The quantitative estimate of drug-likeness (QED) is 0.0277. The Morgan fingerprint density at radius 1 is 0.759 bits per heavy atom. The number of aliphatic imine (C=N–C) groups is 1. The van der Waals surface area contributed by atoms with Gasteiger partial charge in [-0.25, -0.2) is 9.97 Å². The summed E-state index contributed by atoms with van der Waals surface area (Å²) in [5, 5.41) is 74.3. The van der Waals surface area contributed by atoms with E-state index in [-0.39, 0.29) is 94.3 Å². The van der Waals surface area contributed by atoms with Gasteiger partial charge in [-0.15, -0.1) is 0 Å². The Hall–Kier alpha value is -4.79. The molecule has 320 valence electrons. The lowest BCUT2D eigenvalue weighted by Crippen LogP contribution is -2.47. The number of aliphatic hydroxyl groups is 7. The van der Waals surface area contributed by atoms with E-state index in [0.29, 0.717) is 18.7 Å². The summed E-state index contributed by atoms with van der Waals surface area (Å²) < 4.78 is 0. The van der Waals surface area contributed by atoms with E-state index >= 15 is 0 Å². The molecule has 0 spiro atoms. The van der Waals surface area contributed by atoms with Crippen LogP contribution in [0.1, 0.15) is 65.8 Å². The van der Waals surface area contributed by atoms with Gasteiger partial charge in [-0.2, -0.15) is 0 Å². The summed E-state index contributed by atoms with van der Waals surface area (Å²) in [4.78, 5) is 39.0. The molecule has 1 heterocycles. The van der Waals surface area contributed by atoms with Crippen molar-refractivity contribution in [2.75, 3.05) is 57.4 Å². The van der Waals surface area contributed by atoms with Crippen molar-refractivity contribution in [3.63, 3.8) is 0 Å². The van der Waals surface area contributed by atoms with Crippen molar-refractivity contribution in [2.24, 2.45) is 10.7 Å². The van der Waals surface area contributed by atoms with Gasteiger partial charge in [0.15, 0.2) is 17.5 Å². The van der Waals surface area contributed by atoms with E-state index in [1.165, 1.54) is 5.56 Å². The molecule has 0 bridgehead atoms. The zero-order valence-corrected chi connectivity index (χ0v) is 33.1. The van der Waals surface area contributed by atoms with E-state index in [2.05, 4.69) is 49.9 Å². The number of anilines is 2. The summed E-state index contributed by atoms with van der Waals surface area (Å²) >= 11 is 0. The highest BCUT2D eigenvalue weighted by Gasteiger charge is 2.27. The standard InChI is InChI=1S/C40H61N9O9/c1-25-37(41)47-38(42)35(46-25)39(58)48-40(43)45-18-3-2-4-26-5-10-28(11-6-26)29-12-7-27(8-13-29)9-14-34(56)44-19-21-49(20-15-30(52)31(53)16-22-50)24-33(55)36(57)32(54)17-23-51/h5-8,10-13,30-33,36,50-55,57H,2-4,9,14-24H2,1H3,(H,44,56)(H4,41,42,47)(H3,43,45,48,58). The molecule has 3 rings (SSSR count). The maximum atomic E-state index is 12.7. The number of nitrogens with two attached hydrogens (primary N) is 3. The van der Waals surface area contributed by atoms with Crippen LogP contribution in [0.3, 0.4) is 0 Å². The lowest BCUT2D eigenvalue weighted by molar-refractivity contribution is -0.121. The smallest absolute Gasteiger partial charge is 0.280 e. The van der Waals surface area contributed by atoms with Crippen LogP contribution in [0.5, 0.6) is 0 Å². The van der Waals surface area contributed by atoms with Gasteiger partial charge in [0, 0.05) is 52.4 Å². The zero-order chi connectivity index (χ0) is 42.6. The molecule has 5 atom stereocenters. The molecule has 15 N–H and O–H groups in total. The lowest BCUT2D eigenvalue weighted by atomic mass is 9.99. The molecular formula is C40H61N9O9. The van der Waals surface area contributed by atoms with Crippen LogP contribution in [-0.4, -0.2) is 145 Å². The van der Waals surface area contributed by atoms with E-state index in [1.54, 1.807) is 11.8 Å². The third-order valence-corrected chi connectivity index (χ3v) is 9.65. The molecule has 0 saturated carbocycles. The number of carbonyl (C=O) groups is 2. The Labute approximate surface area is 338 Å². The Morgan fingerprint density at radius 3 is 1.97 bits per heavy atom. The molecule has 0 fully saturated rings. The predicted octanol–water partition coefficient (Wildman–Crippen LogP) is -1.01. The molecular weight excluding hydrogens is 750 g/mol. The molecule has 58 heavy (non-hydrogen) atoms. The van der Waals surface area contributed by atoms with E-state index < -0.39 is 36.4 Å². The Kier molecular flexibility index (Phi) is 20.4. The van der Waals surface area contributed by atoms with E-state index in [9.17, 15) is 35.1 Å². The number of aromatic nitrogens is 2. The van der Waals surface area contributed by atoms with Gasteiger partial charge in [-0.1, -0.05) is 48.5 Å². The number of rotatable bonds is 25. The molecule has 0 saturated heterocycles. The molecule has 2 aromatic carbocycles. The number of aryl methyl sites for hydroxylation is 3. The van der Waals surface area contributed by atoms with Crippen LogP contribution in [0, 0.1) is 6.92 Å². The minimum Gasteiger partial charge on any atom is -0.396 e. The van der Waals surface area contributed by atoms with Crippen molar-refractivity contribution < 1.29 is 45.3 Å². The second kappa shape index (κ2) is 24.9. The molecule has 3 aromatic rings. The number of benzene rings is 2. The SMILES string of the molecule is Cc1nc(C(=O)NC(N)=NCCCCc2ccc(-c3ccc(CCC(=O)NCCN(CCC(O)C(O)CCO)CC(O)C(O)C(O)CCO)cc3)cc2)c(N)nc1N. The summed E-state index contributed by atoms with van der Waals surface area (Å²) in [5.74, 6) is -0.762. The molecule has 0 aliphatic carbocycles. The average molecular weight is 812 g/mol. The van der Waals surface area contributed by atoms with E-state index in [0.717, 1.165) is 36.0 Å². The Balaban J connectivity index is 1.40. The van der Waals surface area contributed by atoms with Gasteiger partial charge in [0.25, 0.3) is 5.91 Å². The van der Waals surface area contributed by atoms with Crippen LogP contribution in [0.2, 0.25) is 0 Å². The number of nitrogens with zero attached hydrogens (tertiary/aromatic N) is 4. The number of amides is 2. The minimum absolute atomic E-state index is 0.00597. The summed E-state index contributed by atoms with van der Waals surface area (Å²) in [6.07, 6.45) is -3.22. The zero-order valence-electron chi connectivity index (χ0n) is 33.1. The largest absolute Gasteiger partial charge is 0.396 e. The summed E-state index contributed by atoms with van der Waals surface area (Å²) in [7, 11) is 0. The maximum Gasteiger partial charge on any atom is 0.280 e. The first-order chi connectivity index (χ1) is 27.7. The fourth-order valence-corrected chi connectivity index (χ4v) is 6.05. The monoisotopic (exact) mass is 811 g/mol. The summed E-state index contributed by atoms with van der Waals surface area (Å²) in [5.41, 5.74) is 21.9. The van der Waals surface area contributed by atoms with Crippen molar-refractivity contribution >= 4 is 29.4 Å². The van der Waals surface area contributed by atoms with Crippen LogP contribution < -0.4 is 27.8 Å². The molecule has 5 unspecified atom stereocenters. The minimum atomic E-state index is -1.51. The number of nitrogen functional groups attached to an aromatic ring is 2. The molecule has 0 aliphatic rings. The lowest BCUT2D eigenvalue weighted by Gasteiger charge is -2.30. The summed E-state index contributed by atoms with van der Waals surface area (Å²) in [6.45, 7) is 1.98.